The highest BCUT2D eigenvalue weighted by Gasteiger charge is 2.13. The van der Waals surface area contributed by atoms with Gasteiger partial charge < -0.3 is 10.5 Å². The van der Waals surface area contributed by atoms with E-state index < -0.39 is 11.6 Å². The lowest BCUT2D eigenvalue weighted by Crippen LogP contribution is -2.08. The largest absolute Gasteiger partial charge is 0.497 e. The minimum absolute atomic E-state index is 0.133. The summed E-state index contributed by atoms with van der Waals surface area (Å²) < 4.78 is 31.2. The van der Waals surface area contributed by atoms with Gasteiger partial charge in [0.1, 0.15) is 17.4 Å². The molecule has 0 unspecified atom stereocenters. The van der Waals surface area contributed by atoms with Crippen molar-refractivity contribution in [2.45, 2.75) is 6.42 Å². The van der Waals surface area contributed by atoms with Crippen molar-refractivity contribution in [3.8, 4) is 5.75 Å². The second-order valence-electron chi connectivity index (χ2n) is 4.33. The van der Waals surface area contributed by atoms with Gasteiger partial charge in [0.15, 0.2) is 5.78 Å². The number of ether oxygens (including phenoxy) is 1. The smallest absolute Gasteiger partial charge is 0.169 e. The number of Topliss-reactive ketones (excluding diaryl/α,β-unsaturated/α-hetero) is 1. The van der Waals surface area contributed by atoms with E-state index in [0.29, 0.717) is 11.4 Å². The Balaban J connectivity index is 2.27. The molecule has 0 spiro atoms. The molecule has 2 N–H and O–H groups in total. The molecule has 0 fully saturated rings. The van der Waals surface area contributed by atoms with E-state index in [1.807, 2.05) is 0 Å². The number of hydrogen-bond donors (Lipinski definition) is 1. The predicted molar refractivity (Wildman–Crippen MR) is 71.8 cm³/mol. The number of carbonyl (C=O) groups excluding carboxylic acids is 1. The Morgan fingerprint density at radius 3 is 2.40 bits per heavy atom. The number of hydrogen-bond acceptors (Lipinski definition) is 3. The molecule has 20 heavy (non-hydrogen) atoms. The van der Waals surface area contributed by atoms with Crippen LogP contribution in [0.1, 0.15) is 15.9 Å². The van der Waals surface area contributed by atoms with Crippen LogP contribution in [0.5, 0.6) is 5.75 Å². The number of rotatable bonds is 4. The van der Waals surface area contributed by atoms with Crippen molar-refractivity contribution >= 4 is 11.5 Å². The third-order valence-electron chi connectivity index (χ3n) is 2.85. The predicted octanol–water partition coefficient (Wildman–Crippen LogP) is 2.98. The summed E-state index contributed by atoms with van der Waals surface area (Å²) in [6, 6.07) is 7.70. The fourth-order valence-electron chi connectivity index (χ4n) is 1.90. The number of benzene rings is 2. The van der Waals surface area contributed by atoms with E-state index in [1.54, 1.807) is 12.1 Å². The molecule has 0 aliphatic heterocycles. The Kier molecular flexibility index (Phi) is 3.98. The summed E-state index contributed by atoms with van der Waals surface area (Å²) in [7, 11) is 1.47. The van der Waals surface area contributed by atoms with Gasteiger partial charge in [-0.3, -0.25) is 4.79 Å². The van der Waals surface area contributed by atoms with Gasteiger partial charge in [0.2, 0.25) is 0 Å². The molecule has 2 aromatic carbocycles. The van der Waals surface area contributed by atoms with Gasteiger partial charge in [-0.05, 0) is 35.9 Å². The lowest BCUT2D eigenvalue weighted by molar-refractivity contribution is 0.0993. The molecule has 0 atom stereocenters. The molecule has 2 aromatic rings. The van der Waals surface area contributed by atoms with Gasteiger partial charge in [-0.2, -0.15) is 0 Å². The average molecular weight is 277 g/mol. The van der Waals surface area contributed by atoms with Crippen LogP contribution >= 0.6 is 0 Å². The Hall–Kier alpha value is -2.43. The SMILES string of the molecule is COc1ccc(N)c(C(=O)Cc2cc(F)cc(F)c2)c1. The maximum absolute atomic E-state index is 13.1. The maximum atomic E-state index is 13.1. The van der Waals surface area contributed by atoms with Crippen molar-refractivity contribution in [2.24, 2.45) is 0 Å². The highest BCUT2D eigenvalue weighted by molar-refractivity contribution is 6.02. The monoisotopic (exact) mass is 277 g/mol. The maximum Gasteiger partial charge on any atom is 0.169 e. The van der Waals surface area contributed by atoms with Crippen LogP contribution < -0.4 is 10.5 Å². The topological polar surface area (TPSA) is 52.3 Å². The van der Waals surface area contributed by atoms with E-state index in [1.165, 1.54) is 13.2 Å². The van der Waals surface area contributed by atoms with Gasteiger partial charge in [0, 0.05) is 23.7 Å². The molecule has 0 saturated carbocycles. The number of halogens is 2. The molecule has 0 aromatic heterocycles. The van der Waals surface area contributed by atoms with Gasteiger partial charge in [0.25, 0.3) is 0 Å². The van der Waals surface area contributed by atoms with Gasteiger partial charge in [-0.1, -0.05) is 0 Å². The van der Waals surface area contributed by atoms with Crippen LogP contribution in [-0.4, -0.2) is 12.9 Å². The molecule has 0 bridgehead atoms. The van der Waals surface area contributed by atoms with Crippen LogP contribution in [0, 0.1) is 11.6 Å². The zero-order valence-electron chi connectivity index (χ0n) is 10.8. The summed E-state index contributed by atoms with van der Waals surface area (Å²) in [6.07, 6.45) is -0.133. The standard InChI is InChI=1S/C15H13F2NO2/c1-20-12-2-3-14(18)13(8-12)15(19)6-9-4-10(16)7-11(17)5-9/h2-5,7-8H,6,18H2,1H3. The Bertz CT molecular complexity index is 636. The number of nitrogens with two attached hydrogens (primary N) is 1. The summed E-state index contributed by atoms with van der Waals surface area (Å²) >= 11 is 0. The van der Waals surface area contributed by atoms with Crippen LogP contribution in [0.4, 0.5) is 14.5 Å². The van der Waals surface area contributed by atoms with Crippen molar-refractivity contribution in [1.82, 2.24) is 0 Å². The van der Waals surface area contributed by atoms with E-state index in [2.05, 4.69) is 0 Å². The number of nitrogen functional groups attached to an aromatic ring is 1. The lowest BCUT2D eigenvalue weighted by Gasteiger charge is -2.08. The van der Waals surface area contributed by atoms with Crippen molar-refractivity contribution in [1.29, 1.82) is 0 Å². The number of carbonyl (C=O) groups is 1. The van der Waals surface area contributed by atoms with Crippen molar-refractivity contribution in [3.63, 3.8) is 0 Å². The van der Waals surface area contributed by atoms with Crippen LogP contribution in [0.25, 0.3) is 0 Å². The molecule has 5 heteroatoms. The normalized spacial score (nSPS) is 10.3. The molecule has 0 amide bonds. The molecule has 2 rings (SSSR count). The minimum atomic E-state index is -0.716. The summed E-state index contributed by atoms with van der Waals surface area (Å²) in [5.41, 5.74) is 6.56. The van der Waals surface area contributed by atoms with Crippen molar-refractivity contribution in [2.75, 3.05) is 12.8 Å². The zero-order chi connectivity index (χ0) is 14.7. The van der Waals surface area contributed by atoms with E-state index in [4.69, 9.17) is 10.5 Å². The second kappa shape index (κ2) is 5.69. The first-order chi connectivity index (χ1) is 9.49. The fourth-order valence-corrected chi connectivity index (χ4v) is 1.90. The van der Waals surface area contributed by atoms with Gasteiger partial charge in [0.05, 0.1) is 7.11 Å². The minimum Gasteiger partial charge on any atom is -0.497 e. The molecule has 0 heterocycles. The highest BCUT2D eigenvalue weighted by atomic mass is 19.1. The number of methoxy groups -OCH3 is 1. The third-order valence-corrected chi connectivity index (χ3v) is 2.85. The van der Waals surface area contributed by atoms with Crippen molar-refractivity contribution < 1.29 is 18.3 Å². The van der Waals surface area contributed by atoms with E-state index in [9.17, 15) is 13.6 Å². The van der Waals surface area contributed by atoms with E-state index in [0.717, 1.165) is 18.2 Å². The first kappa shape index (κ1) is 14.0. The molecular weight excluding hydrogens is 264 g/mol. The van der Waals surface area contributed by atoms with Crippen LogP contribution in [0.3, 0.4) is 0 Å². The highest BCUT2D eigenvalue weighted by Crippen LogP contribution is 2.21. The molecule has 3 nitrogen and oxygen atoms in total. The number of anilines is 1. The second-order valence-corrected chi connectivity index (χ2v) is 4.33. The zero-order valence-corrected chi connectivity index (χ0v) is 10.8. The first-order valence-corrected chi connectivity index (χ1v) is 5.91. The molecule has 0 aliphatic rings. The third kappa shape index (κ3) is 3.12. The van der Waals surface area contributed by atoms with Crippen LogP contribution in [0.15, 0.2) is 36.4 Å². The fraction of sp³-hybridized carbons (Fsp3) is 0.133. The lowest BCUT2D eigenvalue weighted by atomic mass is 10.0. The summed E-state index contributed by atoms with van der Waals surface area (Å²) in [6.45, 7) is 0. The Morgan fingerprint density at radius 2 is 1.80 bits per heavy atom. The van der Waals surface area contributed by atoms with Crippen molar-refractivity contribution in [3.05, 3.63) is 59.2 Å². The van der Waals surface area contributed by atoms with Gasteiger partial charge in [-0.15, -0.1) is 0 Å². The summed E-state index contributed by atoms with van der Waals surface area (Å²) in [4.78, 5) is 12.1. The molecule has 104 valence electrons. The summed E-state index contributed by atoms with van der Waals surface area (Å²) in [5.74, 6) is -1.27. The Morgan fingerprint density at radius 1 is 1.15 bits per heavy atom. The van der Waals surface area contributed by atoms with E-state index >= 15 is 0 Å². The molecule has 0 radical (unpaired) electrons. The Labute approximate surface area is 115 Å². The summed E-state index contributed by atoms with van der Waals surface area (Å²) in [5, 5.41) is 0. The first-order valence-electron chi connectivity index (χ1n) is 5.91. The van der Waals surface area contributed by atoms with Crippen LogP contribution in [0.2, 0.25) is 0 Å². The van der Waals surface area contributed by atoms with Gasteiger partial charge in [-0.25, -0.2) is 8.78 Å². The molecule has 0 saturated heterocycles. The molecular formula is C15H13F2NO2. The van der Waals surface area contributed by atoms with Gasteiger partial charge >= 0.3 is 0 Å². The molecule has 0 aliphatic carbocycles. The van der Waals surface area contributed by atoms with E-state index in [-0.39, 0.29) is 23.3 Å². The average Bonchev–Trinajstić information content (AvgIpc) is 2.37. The van der Waals surface area contributed by atoms with Crippen LogP contribution in [-0.2, 0) is 6.42 Å². The number of ketones is 1. The quantitative estimate of drug-likeness (QED) is 0.690.